The smallest absolute Gasteiger partial charge is 0.307 e. The summed E-state index contributed by atoms with van der Waals surface area (Å²) in [6, 6.07) is 0. The Morgan fingerprint density at radius 1 is 1.39 bits per heavy atom. The van der Waals surface area contributed by atoms with Gasteiger partial charge in [-0.1, -0.05) is 20.3 Å². The number of hydrogen-bond donors (Lipinski definition) is 1. The molecule has 1 aliphatic carbocycles. The maximum absolute atomic E-state index is 12.0. The van der Waals surface area contributed by atoms with Gasteiger partial charge in [0.15, 0.2) is 0 Å². The average molecular weight is 253 g/mol. The van der Waals surface area contributed by atoms with Gasteiger partial charge in [-0.15, -0.1) is 0 Å². The van der Waals surface area contributed by atoms with Gasteiger partial charge in [0.2, 0.25) is 5.91 Å². The Kier molecular flexibility index (Phi) is 3.64. The molecule has 18 heavy (non-hydrogen) atoms. The van der Waals surface area contributed by atoms with Gasteiger partial charge in [0.25, 0.3) is 0 Å². The second kappa shape index (κ2) is 4.90. The Hall–Kier alpha value is -1.06. The summed E-state index contributed by atoms with van der Waals surface area (Å²) < 4.78 is 0. The van der Waals surface area contributed by atoms with E-state index in [-0.39, 0.29) is 17.2 Å². The lowest BCUT2D eigenvalue weighted by atomic mass is 9.90. The van der Waals surface area contributed by atoms with Crippen molar-refractivity contribution in [3.63, 3.8) is 0 Å². The molecule has 2 aliphatic rings. The van der Waals surface area contributed by atoms with Crippen molar-refractivity contribution < 1.29 is 14.7 Å². The second-order valence-corrected chi connectivity index (χ2v) is 6.06. The summed E-state index contributed by atoms with van der Waals surface area (Å²) in [6.45, 7) is 5.70. The van der Waals surface area contributed by atoms with E-state index in [0.717, 1.165) is 38.8 Å². The highest BCUT2D eigenvalue weighted by atomic mass is 16.4. The summed E-state index contributed by atoms with van der Waals surface area (Å²) in [5, 5.41) is 9.02. The van der Waals surface area contributed by atoms with Gasteiger partial charge in [0, 0.05) is 19.5 Å². The molecular formula is C14H23NO3. The lowest BCUT2D eigenvalue weighted by Gasteiger charge is -2.33. The predicted octanol–water partition coefficient (Wildman–Crippen LogP) is 2.14. The Morgan fingerprint density at radius 2 is 2.00 bits per heavy atom. The maximum Gasteiger partial charge on any atom is 0.307 e. The maximum atomic E-state index is 12.0. The number of carboxylic acid groups (broad SMARTS) is 1. The Morgan fingerprint density at radius 3 is 2.44 bits per heavy atom. The van der Waals surface area contributed by atoms with Crippen molar-refractivity contribution in [1.29, 1.82) is 0 Å². The number of amides is 1. The highest BCUT2D eigenvalue weighted by molar-refractivity contribution is 5.77. The normalized spacial score (nSPS) is 27.0. The number of piperidine rings is 1. The van der Waals surface area contributed by atoms with E-state index in [0.29, 0.717) is 12.3 Å². The van der Waals surface area contributed by atoms with E-state index < -0.39 is 5.97 Å². The van der Waals surface area contributed by atoms with Crippen LogP contribution in [0.2, 0.25) is 0 Å². The number of rotatable bonds is 4. The van der Waals surface area contributed by atoms with Crippen molar-refractivity contribution in [3.05, 3.63) is 0 Å². The summed E-state index contributed by atoms with van der Waals surface area (Å²) in [5.41, 5.74) is 0.0268. The van der Waals surface area contributed by atoms with Crippen molar-refractivity contribution in [2.45, 2.75) is 46.0 Å². The molecular weight excluding hydrogens is 230 g/mol. The quantitative estimate of drug-likeness (QED) is 0.835. The molecule has 0 aromatic heterocycles. The summed E-state index contributed by atoms with van der Waals surface area (Å²) in [6.07, 6.45) is 4.22. The Bertz CT molecular complexity index is 345. The molecule has 1 amide bonds. The molecule has 102 valence electrons. The molecule has 2 rings (SSSR count). The molecule has 4 heteroatoms. The van der Waals surface area contributed by atoms with Gasteiger partial charge in [-0.3, -0.25) is 9.59 Å². The molecule has 2 fully saturated rings. The average Bonchev–Trinajstić information content (AvgIpc) is 3.04. The molecule has 1 saturated carbocycles. The topological polar surface area (TPSA) is 57.6 Å². The number of nitrogens with zero attached hydrogens (tertiary/aromatic N) is 1. The SMILES string of the molecule is CCC(C)CC(=O)N1CCC2(CC1)CC2C(=O)O. The predicted molar refractivity (Wildman–Crippen MR) is 68.1 cm³/mol. The van der Waals surface area contributed by atoms with Gasteiger partial charge >= 0.3 is 5.97 Å². The minimum Gasteiger partial charge on any atom is -0.481 e. The van der Waals surface area contributed by atoms with E-state index in [2.05, 4.69) is 13.8 Å². The Labute approximate surface area is 108 Å². The van der Waals surface area contributed by atoms with Crippen molar-refractivity contribution in [3.8, 4) is 0 Å². The number of carbonyl (C=O) groups is 2. The first kappa shape index (κ1) is 13.4. The number of aliphatic carboxylic acids is 1. The van der Waals surface area contributed by atoms with Crippen LogP contribution >= 0.6 is 0 Å². The van der Waals surface area contributed by atoms with Gasteiger partial charge < -0.3 is 10.0 Å². The van der Waals surface area contributed by atoms with Crippen LogP contribution in [-0.2, 0) is 9.59 Å². The third-order valence-corrected chi connectivity index (χ3v) is 4.82. The van der Waals surface area contributed by atoms with Crippen molar-refractivity contribution >= 4 is 11.9 Å². The molecule has 2 unspecified atom stereocenters. The van der Waals surface area contributed by atoms with Crippen LogP contribution in [0.3, 0.4) is 0 Å². The first-order chi connectivity index (χ1) is 8.48. The molecule has 1 aliphatic heterocycles. The largest absolute Gasteiger partial charge is 0.481 e. The lowest BCUT2D eigenvalue weighted by molar-refractivity contribution is -0.140. The van der Waals surface area contributed by atoms with Crippen LogP contribution in [0.4, 0.5) is 0 Å². The van der Waals surface area contributed by atoms with Crippen LogP contribution in [0.5, 0.6) is 0 Å². The summed E-state index contributed by atoms with van der Waals surface area (Å²) in [5.74, 6) is -0.119. The molecule has 0 aromatic rings. The van der Waals surface area contributed by atoms with Crippen molar-refractivity contribution in [2.24, 2.45) is 17.3 Å². The van der Waals surface area contributed by atoms with E-state index >= 15 is 0 Å². The zero-order valence-electron chi connectivity index (χ0n) is 11.3. The third kappa shape index (κ3) is 2.52. The zero-order chi connectivity index (χ0) is 13.3. The fourth-order valence-corrected chi connectivity index (χ4v) is 3.02. The monoisotopic (exact) mass is 253 g/mol. The minimum absolute atomic E-state index is 0.0268. The van der Waals surface area contributed by atoms with Crippen LogP contribution in [-0.4, -0.2) is 35.0 Å². The first-order valence-corrected chi connectivity index (χ1v) is 6.99. The van der Waals surface area contributed by atoms with Gasteiger partial charge in [-0.2, -0.15) is 0 Å². The van der Waals surface area contributed by atoms with E-state index in [9.17, 15) is 9.59 Å². The molecule has 2 atom stereocenters. The summed E-state index contributed by atoms with van der Waals surface area (Å²) >= 11 is 0. The molecule has 1 heterocycles. The Balaban J connectivity index is 1.81. The van der Waals surface area contributed by atoms with Gasteiger partial charge in [0.05, 0.1) is 5.92 Å². The molecule has 0 aromatic carbocycles. The van der Waals surface area contributed by atoms with E-state index in [1.54, 1.807) is 0 Å². The number of carbonyl (C=O) groups excluding carboxylic acids is 1. The van der Waals surface area contributed by atoms with E-state index in [1.165, 1.54) is 0 Å². The summed E-state index contributed by atoms with van der Waals surface area (Å²) in [7, 11) is 0. The molecule has 1 N–H and O–H groups in total. The highest BCUT2D eigenvalue weighted by Crippen LogP contribution is 2.59. The number of likely N-dealkylation sites (tertiary alicyclic amines) is 1. The minimum atomic E-state index is -0.658. The van der Waals surface area contributed by atoms with Crippen LogP contribution < -0.4 is 0 Å². The van der Waals surface area contributed by atoms with Crippen molar-refractivity contribution in [1.82, 2.24) is 4.90 Å². The van der Waals surface area contributed by atoms with Crippen LogP contribution in [0.1, 0.15) is 46.0 Å². The summed E-state index contributed by atoms with van der Waals surface area (Å²) in [4.78, 5) is 24.9. The standard InChI is InChI=1S/C14H23NO3/c1-3-10(2)8-12(16)15-6-4-14(5-7-15)9-11(14)13(17)18/h10-11H,3-9H2,1-2H3,(H,17,18). The van der Waals surface area contributed by atoms with Crippen LogP contribution in [0.15, 0.2) is 0 Å². The van der Waals surface area contributed by atoms with Crippen LogP contribution in [0.25, 0.3) is 0 Å². The molecule has 1 saturated heterocycles. The van der Waals surface area contributed by atoms with Crippen molar-refractivity contribution in [2.75, 3.05) is 13.1 Å². The van der Waals surface area contributed by atoms with Gasteiger partial charge in [-0.05, 0) is 30.6 Å². The molecule has 4 nitrogen and oxygen atoms in total. The highest BCUT2D eigenvalue weighted by Gasteiger charge is 2.59. The van der Waals surface area contributed by atoms with Crippen LogP contribution in [0, 0.1) is 17.3 Å². The zero-order valence-corrected chi connectivity index (χ0v) is 11.3. The third-order valence-electron chi connectivity index (χ3n) is 4.82. The van der Waals surface area contributed by atoms with E-state index in [4.69, 9.17) is 5.11 Å². The molecule has 0 bridgehead atoms. The number of carboxylic acids is 1. The second-order valence-electron chi connectivity index (χ2n) is 6.06. The van der Waals surface area contributed by atoms with E-state index in [1.807, 2.05) is 4.90 Å². The fraction of sp³-hybridized carbons (Fsp3) is 0.857. The first-order valence-electron chi connectivity index (χ1n) is 6.99. The lowest BCUT2D eigenvalue weighted by Crippen LogP contribution is -2.40. The fourth-order valence-electron chi connectivity index (χ4n) is 3.02. The molecule has 0 radical (unpaired) electrons. The number of hydrogen-bond acceptors (Lipinski definition) is 2. The van der Waals surface area contributed by atoms with Gasteiger partial charge in [-0.25, -0.2) is 0 Å². The molecule has 1 spiro atoms. The van der Waals surface area contributed by atoms with Gasteiger partial charge in [0.1, 0.15) is 0 Å².